The number of carbonyl (C=O) groups is 1. The molecule has 0 saturated heterocycles. The Morgan fingerprint density at radius 3 is 2.93 bits per heavy atom. The molecule has 2 aromatic carbocycles. The minimum Gasteiger partial charge on any atom is -0.493 e. The van der Waals surface area contributed by atoms with Gasteiger partial charge in [-0.25, -0.2) is 0 Å². The lowest BCUT2D eigenvalue weighted by Gasteiger charge is -2.26. The van der Waals surface area contributed by atoms with Crippen molar-refractivity contribution in [1.29, 1.82) is 0 Å². The molecule has 0 saturated carbocycles. The highest BCUT2D eigenvalue weighted by atomic mass is 32.2. The zero-order valence-electron chi connectivity index (χ0n) is 16.6. The highest BCUT2D eigenvalue weighted by molar-refractivity contribution is 7.99. The molecule has 150 valence electrons. The van der Waals surface area contributed by atoms with E-state index < -0.39 is 0 Å². The van der Waals surface area contributed by atoms with Gasteiger partial charge in [0.05, 0.1) is 18.4 Å². The summed E-state index contributed by atoms with van der Waals surface area (Å²) in [7, 11) is 0. The van der Waals surface area contributed by atoms with Crippen LogP contribution in [-0.2, 0) is 11.3 Å². The van der Waals surface area contributed by atoms with E-state index in [4.69, 9.17) is 4.74 Å². The number of fused-ring (bicyclic) bond motifs is 1. The highest BCUT2D eigenvalue weighted by Crippen LogP contribution is 2.31. The topological polar surface area (TPSA) is 69.0 Å². The summed E-state index contributed by atoms with van der Waals surface area (Å²) < 4.78 is 7.72. The third-order valence-electron chi connectivity index (χ3n) is 4.94. The minimum absolute atomic E-state index is 0.0139. The summed E-state index contributed by atoms with van der Waals surface area (Å²) in [5.74, 6) is 1.97. The lowest BCUT2D eigenvalue weighted by atomic mass is 10.0. The molecular weight excluding hydrogens is 384 g/mol. The fraction of sp³-hybridized carbons (Fsp3) is 0.318. The van der Waals surface area contributed by atoms with Crippen LogP contribution in [0.25, 0.3) is 11.4 Å². The van der Waals surface area contributed by atoms with Gasteiger partial charge in [-0.1, -0.05) is 53.7 Å². The van der Waals surface area contributed by atoms with E-state index in [0.29, 0.717) is 12.4 Å². The average molecular weight is 409 g/mol. The Kier molecular flexibility index (Phi) is 5.85. The molecule has 0 aliphatic carbocycles. The SMILES string of the molecule is CCn1c(SCC(=O)N[C@H]2CCOc3ccccc32)nnc1-c1cccc(C)c1. The fourth-order valence-corrected chi connectivity index (χ4v) is 4.35. The summed E-state index contributed by atoms with van der Waals surface area (Å²) >= 11 is 1.42. The Morgan fingerprint density at radius 2 is 2.10 bits per heavy atom. The third kappa shape index (κ3) is 4.29. The predicted octanol–water partition coefficient (Wildman–Crippen LogP) is 4.01. The maximum Gasteiger partial charge on any atom is 0.230 e. The van der Waals surface area contributed by atoms with Crippen LogP contribution in [0, 0.1) is 6.92 Å². The van der Waals surface area contributed by atoms with Crippen molar-refractivity contribution in [3.8, 4) is 17.1 Å². The number of thioether (sulfide) groups is 1. The maximum absolute atomic E-state index is 12.6. The van der Waals surface area contributed by atoms with Crippen LogP contribution in [0.15, 0.2) is 53.7 Å². The van der Waals surface area contributed by atoms with Crippen molar-refractivity contribution in [2.24, 2.45) is 0 Å². The molecule has 1 N–H and O–H groups in total. The molecule has 0 bridgehead atoms. The molecule has 0 radical (unpaired) electrons. The van der Waals surface area contributed by atoms with Crippen molar-refractivity contribution < 1.29 is 9.53 Å². The quantitative estimate of drug-likeness (QED) is 0.624. The molecule has 0 unspecified atom stereocenters. The standard InChI is InChI=1S/C22H24N4O2S/c1-3-26-21(16-8-6-7-15(2)13-16)24-25-22(26)29-14-20(27)23-18-11-12-28-19-10-5-4-9-17(18)19/h4-10,13,18H,3,11-12,14H2,1-2H3,(H,23,27)/t18-/m0/s1. The second-order valence-corrected chi connectivity index (χ2v) is 7.95. The molecule has 1 amide bonds. The van der Waals surface area contributed by atoms with Gasteiger partial charge in [-0.2, -0.15) is 0 Å². The highest BCUT2D eigenvalue weighted by Gasteiger charge is 2.23. The molecule has 6 nitrogen and oxygen atoms in total. The average Bonchev–Trinajstić information content (AvgIpc) is 3.15. The number of rotatable bonds is 6. The maximum atomic E-state index is 12.6. The van der Waals surface area contributed by atoms with Crippen LogP contribution >= 0.6 is 11.8 Å². The number of benzene rings is 2. The summed E-state index contributed by atoms with van der Waals surface area (Å²) in [5.41, 5.74) is 3.25. The summed E-state index contributed by atoms with van der Waals surface area (Å²) in [6.07, 6.45) is 0.774. The Labute approximate surface area is 174 Å². The third-order valence-corrected chi connectivity index (χ3v) is 5.90. The van der Waals surface area contributed by atoms with E-state index in [2.05, 4.69) is 46.1 Å². The number of hydrogen-bond donors (Lipinski definition) is 1. The van der Waals surface area contributed by atoms with Crippen LogP contribution in [0.1, 0.15) is 30.5 Å². The van der Waals surface area contributed by atoms with Crippen molar-refractivity contribution in [1.82, 2.24) is 20.1 Å². The number of nitrogens with one attached hydrogen (secondary N) is 1. The van der Waals surface area contributed by atoms with Crippen LogP contribution in [-0.4, -0.2) is 33.0 Å². The van der Waals surface area contributed by atoms with Gasteiger partial charge in [0.15, 0.2) is 11.0 Å². The van der Waals surface area contributed by atoms with Crippen LogP contribution in [0.4, 0.5) is 0 Å². The number of nitrogens with zero attached hydrogens (tertiary/aromatic N) is 3. The number of para-hydroxylation sites is 1. The van der Waals surface area contributed by atoms with Crippen LogP contribution in [0.2, 0.25) is 0 Å². The molecule has 1 aliphatic heterocycles. The lowest BCUT2D eigenvalue weighted by Crippen LogP contribution is -2.33. The first-order valence-corrected chi connectivity index (χ1v) is 10.8. The molecule has 29 heavy (non-hydrogen) atoms. The van der Waals surface area contributed by atoms with Gasteiger partial charge in [-0.3, -0.25) is 4.79 Å². The molecule has 2 heterocycles. The lowest BCUT2D eigenvalue weighted by molar-refractivity contribution is -0.119. The zero-order valence-corrected chi connectivity index (χ0v) is 17.4. The molecule has 1 aliphatic rings. The molecule has 7 heteroatoms. The molecule has 0 spiro atoms. The second kappa shape index (κ2) is 8.69. The van der Waals surface area contributed by atoms with Gasteiger partial charge in [0, 0.05) is 24.1 Å². The van der Waals surface area contributed by atoms with Gasteiger partial charge in [-0.15, -0.1) is 10.2 Å². The molecular formula is C22H24N4O2S. The van der Waals surface area contributed by atoms with Gasteiger partial charge in [-0.05, 0) is 26.0 Å². The van der Waals surface area contributed by atoms with E-state index >= 15 is 0 Å². The molecule has 1 aromatic heterocycles. The van der Waals surface area contributed by atoms with E-state index in [1.165, 1.54) is 17.3 Å². The molecule has 4 rings (SSSR count). The molecule has 0 fully saturated rings. The van der Waals surface area contributed by atoms with Crippen molar-refractivity contribution in [3.63, 3.8) is 0 Å². The van der Waals surface area contributed by atoms with Crippen molar-refractivity contribution >= 4 is 17.7 Å². The van der Waals surface area contributed by atoms with Crippen LogP contribution < -0.4 is 10.1 Å². The van der Waals surface area contributed by atoms with Gasteiger partial charge >= 0.3 is 0 Å². The Hall–Kier alpha value is -2.80. The Bertz CT molecular complexity index is 1020. The Morgan fingerprint density at radius 1 is 1.24 bits per heavy atom. The molecule has 1 atom stereocenters. The van der Waals surface area contributed by atoms with Gasteiger partial charge in [0.1, 0.15) is 5.75 Å². The van der Waals surface area contributed by atoms with E-state index in [1.54, 1.807) is 0 Å². The number of carbonyl (C=O) groups excluding carboxylic acids is 1. The van der Waals surface area contributed by atoms with Crippen molar-refractivity contribution in [2.45, 2.75) is 38.0 Å². The number of amides is 1. The zero-order chi connectivity index (χ0) is 20.2. The van der Waals surface area contributed by atoms with Crippen molar-refractivity contribution in [3.05, 3.63) is 59.7 Å². The van der Waals surface area contributed by atoms with E-state index in [1.807, 2.05) is 36.4 Å². The summed E-state index contributed by atoms with van der Waals surface area (Å²) in [6.45, 7) is 5.48. The smallest absolute Gasteiger partial charge is 0.230 e. The fourth-order valence-electron chi connectivity index (χ4n) is 3.54. The van der Waals surface area contributed by atoms with Crippen LogP contribution in [0.3, 0.4) is 0 Å². The number of aryl methyl sites for hydroxylation is 1. The van der Waals surface area contributed by atoms with Gasteiger partial charge < -0.3 is 14.6 Å². The first-order chi connectivity index (χ1) is 14.2. The second-order valence-electron chi connectivity index (χ2n) is 7.00. The number of hydrogen-bond acceptors (Lipinski definition) is 5. The van der Waals surface area contributed by atoms with Crippen LogP contribution in [0.5, 0.6) is 5.75 Å². The largest absolute Gasteiger partial charge is 0.493 e. The van der Waals surface area contributed by atoms with E-state index in [9.17, 15) is 4.79 Å². The monoisotopic (exact) mass is 408 g/mol. The summed E-state index contributed by atoms with van der Waals surface area (Å²) in [5, 5.41) is 12.6. The van der Waals surface area contributed by atoms with Gasteiger partial charge in [0.25, 0.3) is 0 Å². The van der Waals surface area contributed by atoms with Crippen molar-refractivity contribution in [2.75, 3.05) is 12.4 Å². The van der Waals surface area contributed by atoms with E-state index in [0.717, 1.165) is 40.8 Å². The molecule has 3 aromatic rings. The first kappa shape index (κ1) is 19.5. The minimum atomic E-state index is -0.0144. The predicted molar refractivity (Wildman–Crippen MR) is 114 cm³/mol. The number of ether oxygens (including phenoxy) is 1. The summed E-state index contributed by atoms with van der Waals surface area (Å²) in [6, 6.07) is 16.1. The first-order valence-electron chi connectivity index (χ1n) is 9.80. The normalized spacial score (nSPS) is 15.4. The van der Waals surface area contributed by atoms with Gasteiger partial charge in [0.2, 0.25) is 5.91 Å². The summed E-state index contributed by atoms with van der Waals surface area (Å²) in [4.78, 5) is 12.6. The number of aromatic nitrogens is 3. The van der Waals surface area contributed by atoms with E-state index in [-0.39, 0.29) is 11.9 Å². The Balaban J connectivity index is 1.43.